The zero-order chi connectivity index (χ0) is 29.5. The number of hydrogen-bond donors (Lipinski definition) is 2. The average Bonchev–Trinajstić information content (AvgIpc) is 2.93. The van der Waals surface area contributed by atoms with E-state index in [0.717, 1.165) is 40.2 Å². The van der Waals surface area contributed by atoms with E-state index in [-0.39, 0.29) is 18.1 Å². The van der Waals surface area contributed by atoms with Crippen molar-refractivity contribution in [2.75, 3.05) is 27.5 Å². The number of nitrogens with zero attached hydrogens (tertiary/aromatic N) is 4. The van der Waals surface area contributed by atoms with Gasteiger partial charge in [0.15, 0.2) is 0 Å². The van der Waals surface area contributed by atoms with Crippen LogP contribution in [0.5, 0.6) is 0 Å². The lowest BCUT2D eigenvalue weighted by Gasteiger charge is -2.36. The predicted molar refractivity (Wildman–Crippen MR) is 152 cm³/mol. The Labute approximate surface area is 234 Å². The zero-order valence-corrected chi connectivity index (χ0v) is 22.8. The third-order valence-electron chi connectivity index (χ3n) is 6.89. The molecule has 0 spiro atoms. The van der Waals surface area contributed by atoms with Gasteiger partial charge in [-0.2, -0.15) is 13.2 Å². The first-order chi connectivity index (χ1) is 19.4. The molecule has 2 aromatic heterocycles. The van der Waals surface area contributed by atoms with Gasteiger partial charge in [-0.25, -0.2) is 9.78 Å². The lowest BCUT2D eigenvalue weighted by atomic mass is 10.1. The molecule has 0 saturated carbocycles. The molecule has 3 heterocycles. The van der Waals surface area contributed by atoms with Crippen LogP contribution in [0.25, 0.3) is 0 Å². The number of halogens is 3. The molecule has 4 aromatic rings. The second-order valence-corrected chi connectivity index (χ2v) is 9.93. The van der Waals surface area contributed by atoms with Gasteiger partial charge in [-0.3, -0.25) is 19.6 Å². The van der Waals surface area contributed by atoms with Crippen LogP contribution in [0.3, 0.4) is 0 Å². The number of carbonyl (C=O) groups is 2. The van der Waals surface area contributed by atoms with Gasteiger partial charge in [0, 0.05) is 41.8 Å². The van der Waals surface area contributed by atoms with E-state index in [1.54, 1.807) is 42.5 Å². The Bertz CT molecular complexity index is 1670. The molecular weight excluding hydrogens is 533 g/mol. The second kappa shape index (κ2) is 10.6. The lowest BCUT2D eigenvalue weighted by molar-refractivity contribution is -0.137. The molecule has 8 nitrogen and oxygen atoms in total. The van der Waals surface area contributed by atoms with Crippen LogP contribution in [-0.2, 0) is 12.7 Å². The van der Waals surface area contributed by atoms with Crippen LogP contribution < -0.4 is 20.4 Å². The van der Waals surface area contributed by atoms with Crippen LogP contribution >= 0.6 is 0 Å². The van der Waals surface area contributed by atoms with E-state index in [2.05, 4.69) is 20.6 Å². The minimum absolute atomic E-state index is 0.128. The van der Waals surface area contributed by atoms with Crippen molar-refractivity contribution < 1.29 is 22.8 Å². The van der Waals surface area contributed by atoms with Crippen molar-refractivity contribution in [1.29, 1.82) is 0 Å². The van der Waals surface area contributed by atoms with Crippen molar-refractivity contribution in [3.63, 3.8) is 0 Å². The zero-order valence-electron chi connectivity index (χ0n) is 22.8. The minimum atomic E-state index is -4.56. The van der Waals surface area contributed by atoms with Gasteiger partial charge in [0.05, 0.1) is 35.4 Å². The molecule has 210 valence electrons. The molecule has 0 radical (unpaired) electrons. The number of aryl methyl sites for hydroxylation is 3. The van der Waals surface area contributed by atoms with Gasteiger partial charge in [0.25, 0.3) is 5.91 Å². The Kier molecular flexibility index (Phi) is 7.12. The van der Waals surface area contributed by atoms with Crippen LogP contribution in [0.15, 0.2) is 67.0 Å². The Hall–Kier alpha value is -4.93. The largest absolute Gasteiger partial charge is 0.416 e. The summed E-state index contributed by atoms with van der Waals surface area (Å²) in [5, 5.41) is 5.90. The quantitative estimate of drug-likeness (QED) is 0.275. The van der Waals surface area contributed by atoms with Crippen molar-refractivity contribution in [3.05, 3.63) is 101 Å². The number of rotatable bonds is 5. The maximum atomic E-state index is 13.5. The SMILES string of the molecule is Cc1cc(C)c(Nc2cc3c(cn2)CN(c2cc(NC(=O)c4cccc(C(F)(F)F)c4)ccc2C)C(=O)N3C)cn1. The maximum Gasteiger partial charge on any atom is 0.416 e. The third kappa shape index (κ3) is 5.69. The number of nitrogens with one attached hydrogen (secondary N) is 2. The molecule has 0 saturated heterocycles. The third-order valence-corrected chi connectivity index (χ3v) is 6.89. The van der Waals surface area contributed by atoms with Gasteiger partial charge in [0.1, 0.15) is 5.82 Å². The van der Waals surface area contributed by atoms with Gasteiger partial charge in [0.2, 0.25) is 0 Å². The van der Waals surface area contributed by atoms with Crippen molar-refractivity contribution in [2.24, 2.45) is 0 Å². The van der Waals surface area contributed by atoms with Gasteiger partial charge in [-0.05, 0) is 68.3 Å². The summed E-state index contributed by atoms with van der Waals surface area (Å²) in [5.74, 6) is -0.123. The summed E-state index contributed by atoms with van der Waals surface area (Å²) in [4.78, 5) is 38.2. The Balaban J connectivity index is 1.38. The summed E-state index contributed by atoms with van der Waals surface area (Å²) in [7, 11) is 1.67. The number of carbonyl (C=O) groups excluding carboxylic acids is 2. The van der Waals surface area contributed by atoms with Gasteiger partial charge in [-0.15, -0.1) is 0 Å². The van der Waals surface area contributed by atoms with Gasteiger partial charge >= 0.3 is 12.2 Å². The minimum Gasteiger partial charge on any atom is -0.339 e. The Morgan fingerprint density at radius 2 is 1.71 bits per heavy atom. The van der Waals surface area contributed by atoms with Crippen LogP contribution in [0.4, 0.5) is 46.5 Å². The summed E-state index contributed by atoms with van der Waals surface area (Å²) >= 11 is 0. The van der Waals surface area contributed by atoms with Crippen molar-refractivity contribution in [2.45, 2.75) is 33.5 Å². The van der Waals surface area contributed by atoms with Gasteiger partial charge in [-0.1, -0.05) is 12.1 Å². The Morgan fingerprint density at radius 1 is 0.927 bits per heavy atom. The molecule has 2 N–H and O–H groups in total. The predicted octanol–water partition coefficient (Wildman–Crippen LogP) is 6.99. The summed E-state index contributed by atoms with van der Waals surface area (Å²) in [6.45, 7) is 5.96. The molecule has 0 atom stereocenters. The fourth-order valence-corrected chi connectivity index (χ4v) is 4.67. The highest BCUT2D eigenvalue weighted by molar-refractivity contribution is 6.08. The Morgan fingerprint density at radius 3 is 2.44 bits per heavy atom. The summed E-state index contributed by atoms with van der Waals surface area (Å²) in [5.41, 5.74) is 4.89. The first-order valence-electron chi connectivity index (χ1n) is 12.7. The van der Waals surface area contributed by atoms with Gasteiger partial charge < -0.3 is 10.6 Å². The molecular formula is C30H27F3N6O2. The molecule has 1 aliphatic heterocycles. The maximum absolute atomic E-state index is 13.5. The second-order valence-electron chi connectivity index (χ2n) is 9.93. The smallest absolute Gasteiger partial charge is 0.339 e. The highest BCUT2D eigenvalue weighted by Crippen LogP contribution is 2.35. The first kappa shape index (κ1) is 27.6. The van der Waals surface area contributed by atoms with E-state index in [0.29, 0.717) is 22.9 Å². The van der Waals surface area contributed by atoms with Crippen LogP contribution in [0, 0.1) is 20.8 Å². The normalized spacial score (nSPS) is 13.2. The molecule has 5 rings (SSSR count). The highest BCUT2D eigenvalue weighted by atomic mass is 19.4. The first-order valence-corrected chi connectivity index (χ1v) is 12.7. The number of amides is 3. The molecule has 0 fully saturated rings. The van der Waals surface area contributed by atoms with Crippen molar-refractivity contribution in [3.8, 4) is 0 Å². The average molecular weight is 561 g/mol. The summed E-state index contributed by atoms with van der Waals surface area (Å²) in [6, 6.07) is 12.7. The number of aromatic nitrogens is 2. The monoisotopic (exact) mass is 560 g/mol. The fourth-order valence-electron chi connectivity index (χ4n) is 4.67. The number of hydrogen-bond acceptors (Lipinski definition) is 5. The number of alkyl halides is 3. The molecule has 0 aliphatic carbocycles. The molecule has 3 amide bonds. The lowest BCUT2D eigenvalue weighted by Crippen LogP contribution is -2.45. The van der Waals surface area contributed by atoms with Crippen molar-refractivity contribution >= 4 is 40.5 Å². The van der Waals surface area contributed by atoms with Crippen LogP contribution in [0.1, 0.15) is 38.3 Å². The molecule has 0 unspecified atom stereocenters. The molecule has 0 bridgehead atoms. The van der Waals surface area contributed by atoms with E-state index in [1.165, 1.54) is 17.0 Å². The molecule has 41 heavy (non-hydrogen) atoms. The number of anilines is 5. The van der Waals surface area contributed by atoms with E-state index in [1.807, 2.05) is 32.9 Å². The van der Waals surface area contributed by atoms with E-state index in [9.17, 15) is 22.8 Å². The molecule has 11 heteroatoms. The number of pyridine rings is 2. The number of benzene rings is 2. The standard InChI is InChI=1S/C30H27F3N6O2/c1-17-8-9-23(36-28(40)20-6-5-7-22(11-20)30(31,32)33)12-25(17)39-16-21-14-35-27(13-26(21)38(4)29(39)41)37-24-15-34-19(3)10-18(24)2/h5-15H,16H2,1-4H3,(H,35,37)(H,36,40). The topological polar surface area (TPSA) is 90.5 Å². The fraction of sp³-hybridized carbons (Fsp3) is 0.200. The van der Waals surface area contributed by atoms with E-state index >= 15 is 0 Å². The van der Waals surface area contributed by atoms with Crippen LogP contribution in [-0.4, -0.2) is 29.0 Å². The number of urea groups is 1. The number of fused-ring (bicyclic) bond motifs is 1. The summed E-state index contributed by atoms with van der Waals surface area (Å²) in [6.07, 6.45) is -1.12. The van der Waals surface area contributed by atoms with Crippen LogP contribution in [0.2, 0.25) is 0 Å². The van der Waals surface area contributed by atoms with Crippen molar-refractivity contribution in [1.82, 2.24) is 9.97 Å². The summed E-state index contributed by atoms with van der Waals surface area (Å²) < 4.78 is 39.3. The molecule has 2 aromatic carbocycles. The van der Waals surface area contributed by atoms with E-state index in [4.69, 9.17) is 0 Å². The highest BCUT2D eigenvalue weighted by Gasteiger charge is 2.32. The van der Waals surface area contributed by atoms with E-state index < -0.39 is 17.6 Å². The molecule has 1 aliphatic rings.